The van der Waals surface area contributed by atoms with E-state index in [-0.39, 0.29) is 10.7 Å². The van der Waals surface area contributed by atoms with E-state index >= 15 is 0 Å². The van der Waals surface area contributed by atoms with Gasteiger partial charge in [-0.15, -0.1) is 0 Å². The van der Waals surface area contributed by atoms with Crippen LogP contribution in [-0.2, 0) is 6.42 Å². The fourth-order valence-corrected chi connectivity index (χ4v) is 5.66. The summed E-state index contributed by atoms with van der Waals surface area (Å²) in [6, 6.07) is 11.9. The Hall–Kier alpha value is -4.41. The molecule has 0 radical (unpaired) electrons. The van der Waals surface area contributed by atoms with Crippen molar-refractivity contribution in [1.29, 1.82) is 0 Å². The monoisotopic (exact) mass is 586 g/mol. The lowest BCUT2D eigenvalue weighted by Gasteiger charge is -2.36. The maximum absolute atomic E-state index is 14.8. The van der Waals surface area contributed by atoms with Crippen molar-refractivity contribution in [2.45, 2.75) is 32.4 Å². The minimum absolute atomic E-state index is 0.103. The third-order valence-electron chi connectivity index (χ3n) is 7.27. The quantitative estimate of drug-likeness (QED) is 0.268. The summed E-state index contributed by atoms with van der Waals surface area (Å²) < 4.78 is 29.7. The summed E-state index contributed by atoms with van der Waals surface area (Å²) in [6.07, 6.45) is 7.14. The zero-order valence-corrected chi connectivity index (χ0v) is 23.8. The van der Waals surface area contributed by atoms with Gasteiger partial charge in [0.25, 0.3) is 0 Å². The van der Waals surface area contributed by atoms with E-state index in [0.717, 1.165) is 24.3 Å². The van der Waals surface area contributed by atoms with Crippen LogP contribution in [0.4, 0.5) is 26.1 Å². The number of piperazine rings is 1. The SMILES string of the molecule is CC1CN(C(N)=Nc2cccc(Nc3ncc4c(n3)C3=CN=C(Cl)C=C(c5c(F)cccc5F)C3=CC4)c2)CC(C)N1. The number of hydrogen-bond donors (Lipinski definition) is 3. The smallest absolute Gasteiger partial charge is 0.227 e. The fourth-order valence-electron chi connectivity index (χ4n) is 5.51. The van der Waals surface area contributed by atoms with Crippen molar-refractivity contribution in [3.05, 3.63) is 101 Å². The van der Waals surface area contributed by atoms with Crippen LogP contribution in [0.15, 0.2) is 82.6 Å². The Kier molecular flexibility index (Phi) is 7.57. The Balaban J connectivity index is 1.28. The number of halogens is 3. The number of rotatable bonds is 4. The molecule has 8 nitrogen and oxygen atoms in total. The van der Waals surface area contributed by atoms with Crippen LogP contribution < -0.4 is 16.4 Å². The molecule has 1 aromatic heterocycles. The lowest BCUT2D eigenvalue weighted by atomic mass is 9.84. The van der Waals surface area contributed by atoms with Gasteiger partial charge in [-0.3, -0.25) is 0 Å². The van der Waals surface area contributed by atoms with Crippen LogP contribution in [-0.4, -0.2) is 51.2 Å². The molecule has 1 aliphatic carbocycles. The summed E-state index contributed by atoms with van der Waals surface area (Å²) in [6.45, 7) is 5.81. The highest BCUT2D eigenvalue weighted by atomic mass is 35.5. The van der Waals surface area contributed by atoms with Gasteiger partial charge in [-0.2, -0.15) is 0 Å². The van der Waals surface area contributed by atoms with Gasteiger partial charge in [0.2, 0.25) is 5.95 Å². The standard InChI is InChI=1S/C31H29ClF2N8/c1-17-15-42(16-18(2)38-17)30(35)39-20-5-3-6-21(11-20)40-31-37-13-19-9-10-22-23(28-25(33)7-4-8-26(28)34)12-27(32)36-14-24(22)29(19)41-31/h3-8,10-14,17-18,38H,9,15-16H2,1-2H3,(H2,35,39)(H,37,40,41). The normalized spacial score (nSPS) is 20.4. The first-order chi connectivity index (χ1) is 20.2. The Morgan fingerprint density at radius 2 is 1.81 bits per heavy atom. The van der Waals surface area contributed by atoms with Gasteiger partial charge in [-0.25, -0.2) is 28.7 Å². The van der Waals surface area contributed by atoms with E-state index in [0.29, 0.717) is 58.5 Å². The fraction of sp³-hybridized carbons (Fsp3) is 0.226. The van der Waals surface area contributed by atoms with Gasteiger partial charge in [0.15, 0.2) is 5.96 Å². The van der Waals surface area contributed by atoms with E-state index in [4.69, 9.17) is 22.3 Å². The van der Waals surface area contributed by atoms with E-state index in [1.165, 1.54) is 24.3 Å². The molecule has 214 valence electrons. The van der Waals surface area contributed by atoms with E-state index in [1.54, 1.807) is 12.4 Å². The van der Waals surface area contributed by atoms with Crippen LogP contribution in [0.25, 0.3) is 11.1 Å². The van der Waals surface area contributed by atoms with Crippen LogP contribution in [0.2, 0.25) is 0 Å². The predicted molar refractivity (Wildman–Crippen MR) is 164 cm³/mol. The zero-order chi connectivity index (χ0) is 29.4. The van der Waals surface area contributed by atoms with Crippen molar-refractivity contribution in [3.63, 3.8) is 0 Å². The second-order valence-corrected chi connectivity index (χ2v) is 10.9. The maximum atomic E-state index is 14.8. The highest BCUT2D eigenvalue weighted by molar-refractivity contribution is 6.69. The van der Waals surface area contributed by atoms with Gasteiger partial charge in [0.1, 0.15) is 16.8 Å². The molecule has 3 heterocycles. The van der Waals surface area contributed by atoms with Crippen LogP contribution in [0.5, 0.6) is 0 Å². The largest absolute Gasteiger partial charge is 0.369 e. The molecule has 0 spiro atoms. The third kappa shape index (κ3) is 5.68. The number of benzene rings is 2. The average Bonchev–Trinajstić information content (AvgIpc) is 3.11. The highest BCUT2D eigenvalue weighted by Gasteiger charge is 2.28. The number of guanidine groups is 1. The first-order valence-electron chi connectivity index (χ1n) is 13.6. The summed E-state index contributed by atoms with van der Waals surface area (Å²) in [5.41, 5.74) is 10.6. The first-order valence-corrected chi connectivity index (χ1v) is 14.0. The first kappa shape index (κ1) is 27.7. The van der Waals surface area contributed by atoms with Crippen LogP contribution in [0.1, 0.15) is 30.7 Å². The predicted octanol–water partition coefficient (Wildman–Crippen LogP) is 5.68. The van der Waals surface area contributed by atoms with Crippen molar-refractivity contribution in [3.8, 4) is 0 Å². The van der Waals surface area contributed by atoms with Crippen LogP contribution in [0, 0.1) is 11.6 Å². The Morgan fingerprint density at radius 3 is 2.57 bits per heavy atom. The molecule has 2 unspecified atom stereocenters. The molecule has 2 atom stereocenters. The molecule has 11 heteroatoms. The van der Waals surface area contributed by atoms with Crippen molar-refractivity contribution in [2.24, 2.45) is 15.7 Å². The van der Waals surface area contributed by atoms with Crippen LogP contribution >= 0.6 is 11.6 Å². The summed E-state index contributed by atoms with van der Waals surface area (Å²) in [7, 11) is 0. The molecular weight excluding hydrogens is 558 g/mol. The number of anilines is 2. The lowest BCUT2D eigenvalue weighted by molar-refractivity contribution is 0.253. The molecule has 4 N–H and O–H groups in total. The summed E-state index contributed by atoms with van der Waals surface area (Å²) in [5, 5.41) is 6.84. The lowest BCUT2D eigenvalue weighted by Crippen LogP contribution is -2.57. The Bertz CT molecular complexity index is 1680. The Labute approximate surface area is 247 Å². The molecule has 3 aromatic rings. The minimum atomic E-state index is -0.687. The Morgan fingerprint density at radius 1 is 1.07 bits per heavy atom. The molecule has 1 fully saturated rings. The topological polar surface area (TPSA) is 104 Å². The van der Waals surface area contributed by atoms with Crippen molar-refractivity contribution in [1.82, 2.24) is 20.2 Å². The molecule has 2 aliphatic heterocycles. The highest BCUT2D eigenvalue weighted by Crippen LogP contribution is 2.41. The molecule has 6 rings (SSSR count). The van der Waals surface area contributed by atoms with Crippen molar-refractivity contribution < 1.29 is 8.78 Å². The number of nitrogens with one attached hydrogen (secondary N) is 2. The molecule has 3 aliphatic rings. The van der Waals surface area contributed by atoms with Gasteiger partial charge >= 0.3 is 0 Å². The molecular formula is C31H29ClF2N8. The molecule has 42 heavy (non-hydrogen) atoms. The van der Waals surface area contributed by atoms with E-state index in [2.05, 4.69) is 44.3 Å². The zero-order valence-electron chi connectivity index (χ0n) is 23.1. The molecule has 0 saturated carbocycles. The third-order valence-corrected chi connectivity index (χ3v) is 7.47. The molecule has 2 aromatic carbocycles. The van der Waals surface area contributed by atoms with E-state index in [9.17, 15) is 8.78 Å². The number of nitrogens with zero attached hydrogens (tertiary/aromatic N) is 5. The minimum Gasteiger partial charge on any atom is -0.369 e. The van der Waals surface area contributed by atoms with Crippen molar-refractivity contribution >= 4 is 51.2 Å². The second kappa shape index (κ2) is 11.5. The number of aromatic nitrogens is 2. The summed E-state index contributed by atoms with van der Waals surface area (Å²) >= 11 is 6.30. The van der Waals surface area contributed by atoms with Gasteiger partial charge < -0.3 is 21.3 Å². The van der Waals surface area contributed by atoms with Crippen molar-refractivity contribution in [2.75, 3.05) is 18.4 Å². The molecule has 0 bridgehead atoms. The van der Waals surface area contributed by atoms with Crippen LogP contribution in [0.3, 0.4) is 0 Å². The number of nitrogens with two attached hydrogens (primary N) is 1. The van der Waals surface area contributed by atoms with Gasteiger partial charge in [-0.1, -0.05) is 29.8 Å². The average molecular weight is 587 g/mol. The number of allylic oxidation sites excluding steroid dienone is 5. The maximum Gasteiger partial charge on any atom is 0.227 e. The number of fused-ring (bicyclic) bond motifs is 3. The van der Waals surface area contributed by atoms with Gasteiger partial charge in [0, 0.05) is 54.4 Å². The van der Waals surface area contributed by atoms with E-state index < -0.39 is 11.6 Å². The van der Waals surface area contributed by atoms with Gasteiger partial charge in [0.05, 0.1) is 16.9 Å². The van der Waals surface area contributed by atoms with Gasteiger partial charge in [-0.05, 0) is 67.8 Å². The molecule has 0 amide bonds. The second-order valence-electron chi connectivity index (χ2n) is 10.6. The van der Waals surface area contributed by atoms with E-state index in [1.807, 2.05) is 30.3 Å². The molecule has 1 saturated heterocycles. The summed E-state index contributed by atoms with van der Waals surface area (Å²) in [5.74, 6) is -0.566. The number of aliphatic imine (C=N–C) groups is 2. The summed E-state index contributed by atoms with van der Waals surface area (Å²) in [4.78, 5) is 20.3. The number of hydrogen-bond acceptors (Lipinski definition) is 6.